The molecule has 3 aromatic rings. The number of carbonyl (C=O) groups is 1. The highest BCUT2D eigenvalue weighted by atomic mass is 32.2. The Morgan fingerprint density at radius 3 is 2.82 bits per heavy atom. The van der Waals surface area contributed by atoms with Crippen molar-refractivity contribution < 1.29 is 9.18 Å². The molecule has 0 radical (unpaired) electrons. The highest BCUT2D eigenvalue weighted by molar-refractivity contribution is 8.00. The van der Waals surface area contributed by atoms with Gasteiger partial charge in [0.25, 0.3) is 0 Å². The van der Waals surface area contributed by atoms with Gasteiger partial charge in [-0.3, -0.25) is 4.79 Å². The first-order chi connectivity index (χ1) is 13.7. The summed E-state index contributed by atoms with van der Waals surface area (Å²) >= 11 is 1.37. The first-order valence-electron chi connectivity index (χ1n) is 9.40. The van der Waals surface area contributed by atoms with Crippen LogP contribution in [0.4, 0.5) is 10.1 Å². The predicted octanol–water partition coefficient (Wildman–Crippen LogP) is 4.54. The summed E-state index contributed by atoms with van der Waals surface area (Å²) in [5.41, 5.74) is 1.68. The van der Waals surface area contributed by atoms with Crippen LogP contribution in [0.25, 0.3) is 11.4 Å². The predicted molar refractivity (Wildman–Crippen MR) is 109 cm³/mol. The van der Waals surface area contributed by atoms with Gasteiger partial charge in [0.05, 0.1) is 5.75 Å². The van der Waals surface area contributed by atoms with Gasteiger partial charge >= 0.3 is 0 Å². The molecule has 0 aliphatic carbocycles. The van der Waals surface area contributed by atoms with Crippen LogP contribution in [0.15, 0.2) is 53.4 Å². The molecular formula is C21H21FN4OS. The molecule has 7 heteroatoms. The minimum atomic E-state index is -0.281. The molecule has 0 saturated heterocycles. The van der Waals surface area contributed by atoms with E-state index < -0.39 is 0 Å². The van der Waals surface area contributed by atoms with E-state index in [-0.39, 0.29) is 17.5 Å². The first kappa shape index (κ1) is 18.7. The van der Waals surface area contributed by atoms with Gasteiger partial charge in [-0.25, -0.2) is 4.39 Å². The standard InChI is InChI=1S/C21H21FN4OS/c22-16-8-10-18(11-9-16)28-14-20(27)23-17-6-4-5-15(13-17)21-25-24-19-7-2-1-3-12-26(19)21/h4-6,8-11,13H,1-3,7,12,14H2,(H,23,27). The van der Waals surface area contributed by atoms with Crippen LogP contribution in [0.1, 0.15) is 25.1 Å². The van der Waals surface area contributed by atoms with E-state index in [1.165, 1.54) is 30.3 Å². The van der Waals surface area contributed by atoms with Gasteiger partial charge in [0.2, 0.25) is 5.91 Å². The van der Waals surface area contributed by atoms with E-state index in [1.807, 2.05) is 24.3 Å². The molecule has 2 aromatic carbocycles. The van der Waals surface area contributed by atoms with Crippen molar-refractivity contribution in [3.63, 3.8) is 0 Å². The Kier molecular flexibility index (Phi) is 5.71. The first-order valence-corrected chi connectivity index (χ1v) is 10.4. The van der Waals surface area contributed by atoms with Gasteiger partial charge < -0.3 is 9.88 Å². The van der Waals surface area contributed by atoms with Crippen LogP contribution in [-0.2, 0) is 17.8 Å². The number of thioether (sulfide) groups is 1. The molecular weight excluding hydrogens is 375 g/mol. The number of amides is 1. The molecule has 4 rings (SSSR count). The molecule has 1 aromatic heterocycles. The molecule has 144 valence electrons. The second-order valence-electron chi connectivity index (χ2n) is 6.77. The molecule has 0 spiro atoms. The highest BCUT2D eigenvalue weighted by Crippen LogP contribution is 2.25. The second kappa shape index (κ2) is 8.56. The van der Waals surface area contributed by atoms with Gasteiger partial charge in [-0.15, -0.1) is 22.0 Å². The summed E-state index contributed by atoms with van der Waals surface area (Å²) in [7, 11) is 0. The number of halogens is 1. The van der Waals surface area contributed by atoms with Crippen molar-refractivity contribution in [3.8, 4) is 11.4 Å². The minimum Gasteiger partial charge on any atom is -0.325 e. The molecule has 28 heavy (non-hydrogen) atoms. The van der Waals surface area contributed by atoms with Crippen molar-refractivity contribution in [2.45, 2.75) is 37.1 Å². The Labute approximate surface area is 167 Å². The highest BCUT2D eigenvalue weighted by Gasteiger charge is 2.16. The van der Waals surface area contributed by atoms with E-state index in [4.69, 9.17) is 0 Å². The van der Waals surface area contributed by atoms with Crippen molar-refractivity contribution >= 4 is 23.4 Å². The lowest BCUT2D eigenvalue weighted by Crippen LogP contribution is -2.14. The van der Waals surface area contributed by atoms with Crippen molar-refractivity contribution in [2.75, 3.05) is 11.1 Å². The monoisotopic (exact) mass is 396 g/mol. The summed E-state index contributed by atoms with van der Waals surface area (Å²) in [6.45, 7) is 0.933. The Bertz CT molecular complexity index is 971. The van der Waals surface area contributed by atoms with E-state index >= 15 is 0 Å². The van der Waals surface area contributed by atoms with Crippen LogP contribution < -0.4 is 5.32 Å². The van der Waals surface area contributed by atoms with E-state index in [9.17, 15) is 9.18 Å². The second-order valence-corrected chi connectivity index (χ2v) is 7.82. The maximum Gasteiger partial charge on any atom is 0.234 e. The van der Waals surface area contributed by atoms with Gasteiger partial charge in [-0.2, -0.15) is 0 Å². The van der Waals surface area contributed by atoms with Crippen molar-refractivity contribution in [3.05, 3.63) is 60.2 Å². The number of benzene rings is 2. The molecule has 0 unspecified atom stereocenters. The number of hydrogen-bond acceptors (Lipinski definition) is 4. The van der Waals surface area contributed by atoms with Gasteiger partial charge in [0.1, 0.15) is 11.6 Å². The van der Waals surface area contributed by atoms with Crippen molar-refractivity contribution in [2.24, 2.45) is 0 Å². The zero-order valence-corrected chi connectivity index (χ0v) is 16.2. The van der Waals surface area contributed by atoms with E-state index in [0.29, 0.717) is 0 Å². The maximum atomic E-state index is 13.0. The lowest BCUT2D eigenvalue weighted by molar-refractivity contribution is -0.113. The normalized spacial score (nSPS) is 13.6. The minimum absolute atomic E-state index is 0.105. The number of fused-ring (bicyclic) bond motifs is 1. The summed E-state index contributed by atoms with van der Waals surface area (Å²) in [6, 6.07) is 13.8. The fourth-order valence-electron chi connectivity index (χ4n) is 3.31. The zero-order valence-electron chi connectivity index (χ0n) is 15.4. The van der Waals surface area contributed by atoms with Crippen molar-refractivity contribution in [1.82, 2.24) is 14.8 Å². The zero-order chi connectivity index (χ0) is 19.3. The fourth-order valence-corrected chi connectivity index (χ4v) is 4.01. The number of rotatable bonds is 5. The van der Waals surface area contributed by atoms with E-state index in [2.05, 4.69) is 20.1 Å². The Morgan fingerprint density at radius 1 is 1.11 bits per heavy atom. The number of nitrogens with one attached hydrogen (secondary N) is 1. The number of hydrogen-bond donors (Lipinski definition) is 1. The summed E-state index contributed by atoms with van der Waals surface area (Å²) in [6.07, 6.45) is 4.46. The third-order valence-corrected chi connectivity index (χ3v) is 5.71. The smallest absolute Gasteiger partial charge is 0.234 e. The lowest BCUT2D eigenvalue weighted by Gasteiger charge is -2.09. The summed E-state index contributed by atoms with van der Waals surface area (Å²) in [5.74, 6) is 1.77. The number of aryl methyl sites for hydroxylation is 1. The number of anilines is 1. The van der Waals surface area contributed by atoms with Crippen LogP contribution in [0.2, 0.25) is 0 Å². The average Bonchev–Trinajstić information content (AvgIpc) is 2.96. The number of nitrogens with zero attached hydrogens (tertiary/aromatic N) is 3. The number of carbonyl (C=O) groups excluding carboxylic acids is 1. The third-order valence-electron chi connectivity index (χ3n) is 4.70. The molecule has 0 fully saturated rings. The van der Waals surface area contributed by atoms with E-state index in [0.717, 1.165) is 53.6 Å². The Hall–Kier alpha value is -2.67. The molecule has 2 heterocycles. The maximum absolute atomic E-state index is 13.0. The molecule has 0 saturated carbocycles. The van der Waals surface area contributed by atoms with Gasteiger partial charge in [-0.1, -0.05) is 18.6 Å². The molecule has 0 bridgehead atoms. The average molecular weight is 396 g/mol. The summed E-state index contributed by atoms with van der Waals surface area (Å²) in [4.78, 5) is 13.1. The SMILES string of the molecule is O=C(CSc1ccc(F)cc1)Nc1cccc(-c2nnc3n2CCCCC3)c1. The molecule has 1 N–H and O–H groups in total. The Balaban J connectivity index is 1.43. The fraction of sp³-hybridized carbons (Fsp3) is 0.286. The lowest BCUT2D eigenvalue weighted by atomic mass is 10.2. The quantitative estimate of drug-likeness (QED) is 0.643. The summed E-state index contributed by atoms with van der Waals surface area (Å²) in [5, 5.41) is 11.7. The molecule has 1 aliphatic rings. The van der Waals surface area contributed by atoms with Gasteiger partial charge in [0, 0.05) is 29.1 Å². The molecule has 5 nitrogen and oxygen atoms in total. The van der Waals surface area contributed by atoms with Crippen molar-refractivity contribution in [1.29, 1.82) is 0 Å². The van der Waals surface area contributed by atoms with Crippen LogP contribution in [0, 0.1) is 5.82 Å². The van der Waals surface area contributed by atoms with Crippen LogP contribution in [0.3, 0.4) is 0 Å². The molecule has 1 aliphatic heterocycles. The Morgan fingerprint density at radius 2 is 1.96 bits per heavy atom. The van der Waals surface area contributed by atoms with E-state index in [1.54, 1.807) is 12.1 Å². The molecule has 1 amide bonds. The number of aromatic nitrogens is 3. The largest absolute Gasteiger partial charge is 0.325 e. The van der Waals surface area contributed by atoms with Crippen LogP contribution in [0.5, 0.6) is 0 Å². The van der Waals surface area contributed by atoms with Crippen LogP contribution in [-0.4, -0.2) is 26.4 Å². The van der Waals surface area contributed by atoms with Gasteiger partial charge in [0.15, 0.2) is 5.82 Å². The summed E-state index contributed by atoms with van der Waals surface area (Å²) < 4.78 is 15.1. The molecule has 0 atom stereocenters. The van der Waals surface area contributed by atoms with Crippen LogP contribution >= 0.6 is 11.8 Å². The third kappa shape index (κ3) is 4.42. The topological polar surface area (TPSA) is 59.8 Å². The van der Waals surface area contributed by atoms with Gasteiger partial charge in [-0.05, 0) is 49.2 Å².